The van der Waals surface area contributed by atoms with E-state index >= 15 is 0 Å². The molecule has 0 aromatic rings. The van der Waals surface area contributed by atoms with Crippen LogP contribution in [0.2, 0.25) is 0 Å². The van der Waals surface area contributed by atoms with E-state index in [0.29, 0.717) is 4.75 Å². The van der Waals surface area contributed by atoms with Crippen LogP contribution in [0.3, 0.4) is 0 Å². The molecule has 1 rings (SSSR count). The summed E-state index contributed by atoms with van der Waals surface area (Å²) < 4.78 is 0.362. The highest BCUT2D eigenvalue weighted by molar-refractivity contribution is 8.00. The van der Waals surface area contributed by atoms with Crippen molar-refractivity contribution in [3.05, 3.63) is 0 Å². The fourth-order valence-electron chi connectivity index (χ4n) is 2.30. The van der Waals surface area contributed by atoms with Crippen molar-refractivity contribution < 1.29 is 4.79 Å². The fourth-order valence-corrected chi connectivity index (χ4v) is 3.22. The van der Waals surface area contributed by atoms with Crippen LogP contribution in [0.4, 0.5) is 0 Å². The lowest BCUT2D eigenvalue weighted by Gasteiger charge is -2.36. The predicted molar refractivity (Wildman–Crippen MR) is 70.9 cm³/mol. The molecular formula is C12H24N2OS. The largest absolute Gasteiger partial charge is 0.358 e. The minimum atomic E-state index is -0.0871. The molecular weight excluding hydrogens is 220 g/mol. The highest BCUT2D eigenvalue weighted by Gasteiger charge is 2.31. The molecule has 94 valence electrons. The number of thioether (sulfide) groups is 1. The van der Waals surface area contributed by atoms with E-state index in [0.717, 1.165) is 6.54 Å². The molecule has 1 aliphatic rings. The summed E-state index contributed by atoms with van der Waals surface area (Å²) in [6.45, 7) is 2.87. The van der Waals surface area contributed by atoms with Gasteiger partial charge >= 0.3 is 0 Å². The summed E-state index contributed by atoms with van der Waals surface area (Å²) in [7, 11) is 1.69. The van der Waals surface area contributed by atoms with Gasteiger partial charge in [-0.3, -0.25) is 4.79 Å². The Labute approximate surface area is 103 Å². The third-order valence-corrected chi connectivity index (χ3v) is 4.99. The fraction of sp³-hybridized carbons (Fsp3) is 0.917. The van der Waals surface area contributed by atoms with Gasteiger partial charge < -0.3 is 10.6 Å². The summed E-state index contributed by atoms with van der Waals surface area (Å²) in [5, 5.41) is 6.04. The molecule has 4 heteroatoms. The van der Waals surface area contributed by atoms with Crippen molar-refractivity contribution in [2.24, 2.45) is 0 Å². The topological polar surface area (TPSA) is 41.1 Å². The van der Waals surface area contributed by atoms with Gasteiger partial charge in [-0.05, 0) is 26.0 Å². The molecule has 1 unspecified atom stereocenters. The smallest absolute Gasteiger partial charge is 0.236 e. The van der Waals surface area contributed by atoms with Crippen LogP contribution >= 0.6 is 11.8 Å². The number of likely N-dealkylation sites (N-methyl/N-ethyl adjacent to an activating group) is 1. The molecule has 1 amide bonds. The molecule has 2 N–H and O–H groups in total. The third-order valence-electron chi connectivity index (χ3n) is 3.57. The molecule has 16 heavy (non-hydrogen) atoms. The lowest BCUT2D eigenvalue weighted by Crippen LogP contribution is -2.47. The highest BCUT2D eigenvalue weighted by atomic mass is 32.2. The molecule has 0 radical (unpaired) electrons. The molecule has 0 aromatic carbocycles. The van der Waals surface area contributed by atoms with Gasteiger partial charge in [0, 0.05) is 18.3 Å². The zero-order valence-electron chi connectivity index (χ0n) is 10.6. The third kappa shape index (κ3) is 3.67. The van der Waals surface area contributed by atoms with Crippen LogP contribution in [0, 0.1) is 0 Å². The first-order valence-corrected chi connectivity index (χ1v) is 7.36. The van der Waals surface area contributed by atoms with Crippen molar-refractivity contribution >= 4 is 17.7 Å². The summed E-state index contributed by atoms with van der Waals surface area (Å²) in [4.78, 5) is 11.4. The van der Waals surface area contributed by atoms with Crippen molar-refractivity contribution in [3.8, 4) is 0 Å². The first kappa shape index (κ1) is 13.8. The van der Waals surface area contributed by atoms with Crippen LogP contribution in [0.1, 0.15) is 39.0 Å². The molecule has 1 atom stereocenters. The second kappa shape index (κ2) is 6.50. The average Bonchev–Trinajstić information content (AvgIpc) is 2.36. The summed E-state index contributed by atoms with van der Waals surface area (Å²) in [5.41, 5.74) is 0. The van der Waals surface area contributed by atoms with Gasteiger partial charge in [0.1, 0.15) is 0 Å². The molecule has 0 bridgehead atoms. The van der Waals surface area contributed by atoms with E-state index in [4.69, 9.17) is 0 Å². The Morgan fingerprint density at radius 1 is 1.38 bits per heavy atom. The van der Waals surface area contributed by atoms with E-state index in [1.165, 1.54) is 32.1 Å². The van der Waals surface area contributed by atoms with E-state index in [2.05, 4.69) is 16.9 Å². The molecule has 1 saturated carbocycles. The summed E-state index contributed by atoms with van der Waals surface area (Å²) in [6.07, 6.45) is 8.78. The van der Waals surface area contributed by atoms with Crippen LogP contribution < -0.4 is 10.6 Å². The van der Waals surface area contributed by atoms with Crippen LogP contribution in [-0.4, -0.2) is 36.5 Å². The van der Waals surface area contributed by atoms with Crippen LogP contribution in [0.15, 0.2) is 0 Å². The molecule has 1 aliphatic carbocycles. The minimum Gasteiger partial charge on any atom is -0.358 e. The van der Waals surface area contributed by atoms with Gasteiger partial charge in [0.2, 0.25) is 5.91 Å². The number of nitrogens with one attached hydrogen (secondary N) is 2. The Bertz CT molecular complexity index is 227. The van der Waals surface area contributed by atoms with Gasteiger partial charge in [0.15, 0.2) is 0 Å². The standard InChI is InChI=1S/C12H24N2OS/c1-10(11(15)13-2)14-9-12(16-3)7-5-4-6-8-12/h10,14H,4-9H2,1-3H3,(H,13,15). The molecule has 3 nitrogen and oxygen atoms in total. The van der Waals surface area contributed by atoms with Crippen molar-refractivity contribution in [1.82, 2.24) is 10.6 Å². The van der Waals surface area contributed by atoms with Crippen molar-refractivity contribution in [3.63, 3.8) is 0 Å². The van der Waals surface area contributed by atoms with Crippen molar-refractivity contribution in [2.45, 2.75) is 49.8 Å². The van der Waals surface area contributed by atoms with E-state index in [1.54, 1.807) is 7.05 Å². The number of carbonyl (C=O) groups is 1. The summed E-state index contributed by atoms with van der Waals surface area (Å²) in [5.74, 6) is 0.0760. The lowest BCUT2D eigenvalue weighted by molar-refractivity contribution is -0.122. The molecule has 1 fully saturated rings. The summed E-state index contributed by atoms with van der Waals surface area (Å²) >= 11 is 1.96. The van der Waals surface area contributed by atoms with Crippen LogP contribution in [0.5, 0.6) is 0 Å². The zero-order valence-corrected chi connectivity index (χ0v) is 11.5. The van der Waals surface area contributed by atoms with Gasteiger partial charge in [0.25, 0.3) is 0 Å². The van der Waals surface area contributed by atoms with Gasteiger partial charge in [-0.25, -0.2) is 0 Å². The average molecular weight is 244 g/mol. The van der Waals surface area contributed by atoms with Gasteiger partial charge in [-0.2, -0.15) is 11.8 Å². The number of hydrogen-bond donors (Lipinski definition) is 2. The molecule has 0 heterocycles. The molecule has 0 aromatic heterocycles. The highest BCUT2D eigenvalue weighted by Crippen LogP contribution is 2.37. The second-order valence-corrected chi connectivity index (χ2v) is 5.94. The zero-order chi connectivity index (χ0) is 12.0. The van der Waals surface area contributed by atoms with Gasteiger partial charge in [-0.1, -0.05) is 19.3 Å². The van der Waals surface area contributed by atoms with Gasteiger partial charge in [-0.15, -0.1) is 0 Å². The van der Waals surface area contributed by atoms with E-state index in [1.807, 2.05) is 18.7 Å². The predicted octanol–water partition coefficient (Wildman–Crippen LogP) is 1.78. The minimum absolute atomic E-state index is 0.0760. The maximum Gasteiger partial charge on any atom is 0.236 e. The maximum absolute atomic E-state index is 11.4. The molecule has 0 spiro atoms. The lowest BCUT2D eigenvalue weighted by atomic mass is 9.88. The Morgan fingerprint density at radius 2 is 2.00 bits per heavy atom. The Balaban J connectivity index is 2.41. The quantitative estimate of drug-likeness (QED) is 0.774. The Morgan fingerprint density at radius 3 is 2.50 bits per heavy atom. The Hall–Kier alpha value is -0.220. The number of carbonyl (C=O) groups excluding carboxylic acids is 1. The van der Waals surface area contributed by atoms with E-state index in [9.17, 15) is 4.79 Å². The van der Waals surface area contributed by atoms with Crippen LogP contribution in [-0.2, 0) is 4.79 Å². The maximum atomic E-state index is 11.4. The van der Waals surface area contributed by atoms with E-state index in [-0.39, 0.29) is 11.9 Å². The summed E-state index contributed by atoms with van der Waals surface area (Å²) in [6, 6.07) is -0.0871. The Kier molecular flexibility index (Phi) is 5.62. The second-order valence-electron chi connectivity index (χ2n) is 4.66. The number of amides is 1. The first-order chi connectivity index (χ1) is 7.63. The number of hydrogen-bond acceptors (Lipinski definition) is 3. The first-order valence-electron chi connectivity index (χ1n) is 6.14. The SMILES string of the molecule is CNC(=O)C(C)NCC1(SC)CCCCC1. The normalized spacial score (nSPS) is 21.4. The molecule has 0 aliphatic heterocycles. The monoisotopic (exact) mass is 244 g/mol. The van der Waals surface area contributed by atoms with E-state index < -0.39 is 0 Å². The van der Waals surface area contributed by atoms with Gasteiger partial charge in [0.05, 0.1) is 6.04 Å². The number of rotatable bonds is 5. The van der Waals surface area contributed by atoms with Crippen molar-refractivity contribution in [1.29, 1.82) is 0 Å². The molecule has 0 saturated heterocycles. The van der Waals surface area contributed by atoms with Crippen molar-refractivity contribution in [2.75, 3.05) is 19.8 Å². The van der Waals surface area contributed by atoms with Crippen LogP contribution in [0.25, 0.3) is 0 Å².